The molecule has 0 saturated heterocycles. The Balaban J connectivity index is 1.14. The van der Waals surface area contributed by atoms with Crippen molar-refractivity contribution in [2.75, 3.05) is 0 Å². The molecule has 0 fully saturated rings. The Morgan fingerprint density at radius 1 is 0.375 bits per heavy atom. The van der Waals surface area contributed by atoms with E-state index in [0.717, 1.165) is 66.8 Å². The molecule has 80 heavy (non-hydrogen) atoms. The molecule has 0 aliphatic heterocycles. The lowest BCUT2D eigenvalue weighted by molar-refractivity contribution is -0.131. The molecule has 1 aliphatic carbocycles. The van der Waals surface area contributed by atoms with Gasteiger partial charge in [-0.05, 0) is 151 Å². The number of carbonyl (C=O) groups excluding carboxylic acids is 5. The summed E-state index contributed by atoms with van der Waals surface area (Å²) < 4.78 is 28.3. The summed E-state index contributed by atoms with van der Waals surface area (Å²) in [7, 11) is 0. The molecule has 10 nitrogen and oxygen atoms in total. The van der Waals surface area contributed by atoms with Gasteiger partial charge in [-0.25, -0.2) is 24.0 Å². The minimum atomic E-state index is -0.563. The van der Waals surface area contributed by atoms with Crippen LogP contribution in [0.25, 0.3) is 39.0 Å². The second-order valence-electron chi connectivity index (χ2n) is 19.9. The first-order chi connectivity index (χ1) is 38.2. The largest absolute Gasteiger partial charge is 0.423 e. The van der Waals surface area contributed by atoms with E-state index >= 15 is 0 Å². The number of carbonyl (C=O) groups is 5. The fourth-order valence-electron chi connectivity index (χ4n) is 8.89. The maximum absolute atomic E-state index is 13.3. The molecule has 0 amide bonds. The van der Waals surface area contributed by atoms with Crippen LogP contribution in [0.3, 0.4) is 0 Å². The van der Waals surface area contributed by atoms with E-state index in [1.807, 2.05) is 60.7 Å². The first kappa shape index (κ1) is 56.3. The van der Waals surface area contributed by atoms with E-state index in [1.165, 1.54) is 0 Å². The zero-order chi connectivity index (χ0) is 57.4. The fourth-order valence-corrected chi connectivity index (χ4v) is 8.89. The zero-order valence-electron chi connectivity index (χ0n) is 45.6. The molecular weight excluding hydrogens is 1000 g/mol. The van der Waals surface area contributed by atoms with Crippen LogP contribution in [0.15, 0.2) is 237 Å². The zero-order valence-corrected chi connectivity index (χ0v) is 45.6. The van der Waals surface area contributed by atoms with Crippen molar-refractivity contribution >= 4 is 35.4 Å². The third-order valence-corrected chi connectivity index (χ3v) is 13.4. The van der Waals surface area contributed by atoms with Gasteiger partial charge in [-0.1, -0.05) is 155 Å². The van der Waals surface area contributed by atoms with Gasteiger partial charge in [0.05, 0.1) is 0 Å². The molecule has 0 saturated carbocycles. The number of esters is 5. The highest BCUT2D eigenvalue weighted by atomic mass is 16.6. The minimum absolute atomic E-state index is 0.216. The van der Waals surface area contributed by atoms with Gasteiger partial charge in [-0.15, -0.1) is 0 Å². The molecule has 0 spiro atoms. The van der Waals surface area contributed by atoms with E-state index in [4.69, 9.17) is 23.7 Å². The van der Waals surface area contributed by atoms with Crippen LogP contribution >= 0.6 is 0 Å². The van der Waals surface area contributed by atoms with Crippen molar-refractivity contribution in [2.45, 2.75) is 53.4 Å². The Morgan fingerprint density at radius 2 is 0.688 bits per heavy atom. The van der Waals surface area contributed by atoms with Crippen LogP contribution in [-0.4, -0.2) is 29.8 Å². The van der Waals surface area contributed by atoms with Crippen LogP contribution < -0.4 is 23.7 Å². The van der Waals surface area contributed by atoms with Gasteiger partial charge in [0.25, 0.3) is 0 Å². The lowest BCUT2D eigenvalue weighted by Gasteiger charge is -2.26. The average Bonchev–Trinajstić information content (AvgIpc) is 3.95. The van der Waals surface area contributed by atoms with Gasteiger partial charge < -0.3 is 23.7 Å². The van der Waals surface area contributed by atoms with Crippen molar-refractivity contribution in [1.29, 1.82) is 0 Å². The van der Waals surface area contributed by atoms with E-state index in [-0.39, 0.29) is 34.5 Å². The van der Waals surface area contributed by atoms with Gasteiger partial charge in [0.2, 0.25) is 0 Å². The summed E-state index contributed by atoms with van der Waals surface area (Å²) in [5.41, 5.74) is 12.1. The molecule has 400 valence electrons. The number of rotatable bonds is 19. The number of ether oxygens (including phenoxy) is 5. The molecule has 1 aliphatic rings. The number of hydrogen-bond donors (Lipinski definition) is 0. The molecule has 7 aromatic rings. The van der Waals surface area contributed by atoms with Crippen LogP contribution in [0.4, 0.5) is 0 Å². The highest BCUT2D eigenvalue weighted by molar-refractivity contribution is 5.92. The standard InChI is InChI=1S/C70H60O10/c1-41(2)66(71)76-58-30-22-50(23-31-58)54-20-21-57(38-54)65(62-40-56(29-37-64(62)80-70(75)45(9)10)52-26-34-60(35-27-52)78-68(73)43(5)6)53-18-16-49(17-19-53)48-14-12-47(13-15-48)46(11)61-39-55(28-36-63(61)79-69(74)44(7)8)51-24-32-59(33-25-51)77-67(72)42(3)4/h12-40,46,57,65H,1,3,5,7,9H2,2,4,6,8,10-11H3. The SMILES string of the molecule is C=C(C)C(=O)Oc1ccc(C2=CC(C(c3ccc(-c4ccc(C(C)c5cc(-c6ccc(OC(=O)C(=C)C)cc6)ccc5OC(=O)C(=C)C)cc4)cc3)c3cc(-c4ccc(OC(=O)C(=C)C)cc4)ccc3OC(=O)C(=C)C)C=C2)cc1. The van der Waals surface area contributed by atoms with Gasteiger partial charge in [-0.3, -0.25) is 0 Å². The van der Waals surface area contributed by atoms with Gasteiger partial charge in [-0.2, -0.15) is 0 Å². The summed E-state index contributed by atoms with van der Waals surface area (Å²) in [4.78, 5) is 62.9. The maximum atomic E-state index is 13.3. The fraction of sp³-hybridized carbons (Fsp3) is 0.129. The monoisotopic (exact) mass is 1060 g/mol. The van der Waals surface area contributed by atoms with Gasteiger partial charge in [0.1, 0.15) is 28.7 Å². The van der Waals surface area contributed by atoms with Crippen molar-refractivity contribution in [3.63, 3.8) is 0 Å². The summed E-state index contributed by atoms with van der Waals surface area (Å²) in [6.45, 7) is 28.7. The minimum Gasteiger partial charge on any atom is -0.423 e. The lowest BCUT2D eigenvalue weighted by Crippen LogP contribution is -2.15. The molecule has 0 radical (unpaired) electrons. The van der Waals surface area contributed by atoms with E-state index in [9.17, 15) is 24.0 Å². The summed E-state index contributed by atoms with van der Waals surface area (Å²) >= 11 is 0. The summed E-state index contributed by atoms with van der Waals surface area (Å²) in [6, 6.07) is 49.6. The highest BCUT2D eigenvalue weighted by Crippen LogP contribution is 2.45. The Bertz CT molecular complexity index is 3680. The quantitative estimate of drug-likeness (QED) is 0.0438. The van der Waals surface area contributed by atoms with Crippen LogP contribution in [0, 0.1) is 5.92 Å². The van der Waals surface area contributed by atoms with E-state index < -0.39 is 29.8 Å². The normalized spacial score (nSPS) is 13.2. The second-order valence-corrected chi connectivity index (χ2v) is 19.9. The molecule has 3 atom stereocenters. The Morgan fingerprint density at radius 3 is 1.09 bits per heavy atom. The van der Waals surface area contributed by atoms with Gasteiger partial charge in [0.15, 0.2) is 0 Å². The number of benzene rings is 7. The molecule has 8 rings (SSSR count). The highest BCUT2D eigenvalue weighted by Gasteiger charge is 2.30. The second kappa shape index (κ2) is 24.6. The van der Waals surface area contributed by atoms with Crippen molar-refractivity contribution in [3.05, 3.63) is 265 Å². The van der Waals surface area contributed by atoms with Crippen molar-refractivity contribution in [2.24, 2.45) is 5.92 Å². The molecule has 0 aromatic heterocycles. The average molecular weight is 1060 g/mol. The van der Waals surface area contributed by atoms with Crippen LogP contribution in [0.1, 0.15) is 81.2 Å². The summed E-state index contributed by atoms with van der Waals surface area (Å²) in [6.07, 6.45) is 6.37. The first-order valence-electron chi connectivity index (χ1n) is 25.8. The Kier molecular flexibility index (Phi) is 17.3. The van der Waals surface area contributed by atoms with Crippen molar-refractivity contribution in [1.82, 2.24) is 0 Å². The molecule has 0 bridgehead atoms. The smallest absolute Gasteiger partial charge is 0.338 e. The Labute approximate surface area is 467 Å². The molecular formula is C70H60O10. The van der Waals surface area contributed by atoms with Gasteiger partial charge in [0, 0.05) is 56.7 Å². The predicted octanol–water partition coefficient (Wildman–Crippen LogP) is 15.6. The molecule has 0 heterocycles. The summed E-state index contributed by atoms with van der Waals surface area (Å²) in [5.74, 6) is -1.51. The first-order valence-corrected chi connectivity index (χ1v) is 25.8. The van der Waals surface area contributed by atoms with E-state index in [1.54, 1.807) is 83.1 Å². The van der Waals surface area contributed by atoms with Crippen molar-refractivity contribution < 1.29 is 47.7 Å². The number of allylic oxidation sites excluding steroid dienone is 4. The molecule has 10 heteroatoms. The van der Waals surface area contributed by atoms with Crippen LogP contribution in [0.5, 0.6) is 28.7 Å². The summed E-state index contributed by atoms with van der Waals surface area (Å²) in [5, 5.41) is 0. The third-order valence-electron chi connectivity index (χ3n) is 13.4. The maximum Gasteiger partial charge on any atom is 0.338 e. The molecule has 7 aromatic carbocycles. The predicted molar refractivity (Wildman–Crippen MR) is 314 cm³/mol. The van der Waals surface area contributed by atoms with E-state index in [0.29, 0.717) is 39.9 Å². The molecule has 0 N–H and O–H groups in total. The Hall–Kier alpha value is -9.93. The molecule has 3 unspecified atom stereocenters. The van der Waals surface area contributed by atoms with Crippen molar-refractivity contribution in [3.8, 4) is 62.1 Å². The number of hydrogen-bond acceptors (Lipinski definition) is 10. The van der Waals surface area contributed by atoms with Crippen LogP contribution in [0.2, 0.25) is 0 Å². The third kappa shape index (κ3) is 13.4. The lowest BCUT2D eigenvalue weighted by atomic mass is 9.79. The van der Waals surface area contributed by atoms with Crippen LogP contribution in [-0.2, 0) is 24.0 Å². The van der Waals surface area contributed by atoms with E-state index in [2.05, 4.69) is 107 Å². The van der Waals surface area contributed by atoms with Gasteiger partial charge >= 0.3 is 29.8 Å². The topological polar surface area (TPSA) is 132 Å².